The lowest BCUT2D eigenvalue weighted by Crippen LogP contribution is -2.02. The molecular formula is C7H14O. The highest BCUT2D eigenvalue weighted by molar-refractivity contribution is 4.67. The van der Waals surface area contributed by atoms with Crippen LogP contribution in [-0.4, -0.2) is 13.2 Å². The third kappa shape index (κ3) is 3.88. The molecule has 0 aromatic heterocycles. The number of hydrogen-bond acceptors (Lipinski definition) is 1. The SMILES string of the molecule is C=CCCC(C)OC. The second-order valence-corrected chi connectivity index (χ2v) is 1.91. The van der Waals surface area contributed by atoms with Crippen molar-refractivity contribution in [1.29, 1.82) is 0 Å². The molecule has 1 heteroatoms. The summed E-state index contributed by atoms with van der Waals surface area (Å²) >= 11 is 0. The van der Waals surface area contributed by atoms with E-state index < -0.39 is 0 Å². The van der Waals surface area contributed by atoms with Gasteiger partial charge in [0.25, 0.3) is 0 Å². The van der Waals surface area contributed by atoms with Crippen molar-refractivity contribution < 1.29 is 4.74 Å². The quantitative estimate of drug-likeness (QED) is 0.508. The van der Waals surface area contributed by atoms with Gasteiger partial charge in [-0.25, -0.2) is 0 Å². The van der Waals surface area contributed by atoms with Crippen LogP contribution in [0.15, 0.2) is 12.7 Å². The molecule has 0 rings (SSSR count). The van der Waals surface area contributed by atoms with E-state index in [9.17, 15) is 0 Å². The fourth-order valence-electron chi connectivity index (χ4n) is 0.470. The average Bonchev–Trinajstić information content (AvgIpc) is 1.83. The van der Waals surface area contributed by atoms with Crippen molar-refractivity contribution in [1.82, 2.24) is 0 Å². The van der Waals surface area contributed by atoms with Gasteiger partial charge in [-0.1, -0.05) is 6.08 Å². The van der Waals surface area contributed by atoms with Crippen LogP contribution >= 0.6 is 0 Å². The van der Waals surface area contributed by atoms with Crippen molar-refractivity contribution >= 4 is 0 Å². The van der Waals surface area contributed by atoms with Gasteiger partial charge in [0.05, 0.1) is 6.10 Å². The molecule has 0 fully saturated rings. The van der Waals surface area contributed by atoms with Crippen molar-refractivity contribution in [3.8, 4) is 0 Å². The van der Waals surface area contributed by atoms with Crippen LogP contribution < -0.4 is 0 Å². The summed E-state index contributed by atoms with van der Waals surface area (Å²) in [6, 6.07) is 0. The van der Waals surface area contributed by atoms with E-state index in [1.807, 2.05) is 6.08 Å². The van der Waals surface area contributed by atoms with Crippen LogP contribution in [0.25, 0.3) is 0 Å². The highest BCUT2D eigenvalue weighted by atomic mass is 16.5. The Labute approximate surface area is 51.4 Å². The van der Waals surface area contributed by atoms with Gasteiger partial charge in [0.2, 0.25) is 0 Å². The summed E-state index contributed by atoms with van der Waals surface area (Å²) in [5, 5.41) is 0. The molecule has 1 nitrogen and oxygen atoms in total. The van der Waals surface area contributed by atoms with E-state index in [-0.39, 0.29) is 0 Å². The Bertz CT molecular complexity index is 59.4. The lowest BCUT2D eigenvalue weighted by molar-refractivity contribution is 0.112. The number of ether oxygens (including phenoxy) is 1. The predicted octanol–water partition coefficient (Wildman–Crippen LogP) is 1.99. The van der Waals surface area contributed by atoms with Gasteiger partial charge in [0.15, 0.2) is 0 Å². The first-order valence-electron chi connectivity index (χ1n) is 2.95. The molecule has 0 aliphatic heterocycles. The van der Waals surface area contributed by atoms with Crippen molar-refractivity contribution in [3.63, 3.8) is 0 Å². The summed E-state index contributed by atoms with van der Waals surface area (Å²) in [7, 11) is 1.73. The molecule has 8 heavy (non-hydrogen) atoms. The predicted molar refractivity (Wildman–Crippen MR) is 35.9 cm³/mol. The molecule has 0 aromatic carbocycles. The average molecular weight is 114 g/mol. The second-order valence-electron chi connectivity index (χ2n) is 1.91. The highest BCUT2D eigenvalue weighted by Gasteiger charge is 1.93. The molecule has 0 aromatic rings. The van der Waals surface area contributed by atoms with Crippen LogP contribution in [0.4, 0.5) is 0 Å². The molecule has 1 atom stereocenters. The standard InChI is InChI=1S/C7H14O/c1-4-5-6-7(2)8-3/h4,7H,1,5-6H2,2-3H3. The monoisotopic (exact) mass is 114 g/mol. The minimum absolute atomic E-state index is 0.382. The van der Waals surface area contributed by atoms with Gasteiger partial charge in [-0.05, 0) is 19.8 Å². The summed E-state index contributed by atoms with van der Waals surface area (Å²) < 4.78 is 5.00. The van der Waals surface area contributed by atoms with E-state index in [2.05, 4.69) is 13.5 Å². The topological polar surface area (TPSA) is 9.23 Å². The lowest BCUT2D eigenvalue weighted by Gasteiger charge is -2.04. The maximum Gasteiger partial charge on any atom is 0.0546 e. The fraction of sp³-hybridized carbons (Fsp3) is 0.714. The molecule has 0 N–H and O–H groups in total. The van der Waals surface area contributed by atoms with E-state index in [1.54, 1.807) is 7.11 Å². The first-order valence-corrected chi connectivity index (χ1v) is 2.95. The zero-order valence-corrected chi connectivity index (χ0v) is 5.68. The summed E-state index contributed by atoms with van der Waals surface area (Å²) in [5.74, 6) is 0. The Morgan fingerprint density at radius 1 is 1.75 bits per heavy atom. The summed E-state index contributed by atoms with van der Waals surface area (Å²) in [5.41, 5.74) is 0. The van der Waals surface area contributed by atoms with E-state index in [0.29, 0.717) is 6.10 Å². The first kappa shape index (κ1) is 7.70. The van der Waals surface area contributed by atoms with Crippen molar-refractivity contribution in [2.45, 2.75) is 25.9 Å². The molecule has 48 valence electrons. The van der Waals surface area contributed by atoms with Crippen LogP contribution in [0, 0.1) is 0 Å². The largest absolute Gasteiger partial charge is 0.382 e. The van der Waals surface area contributed by atoms with Gasteiger partial charge in [0, 0.05) is 7.11 Å². The maximum absolute atomic E-state index is 5.00. The molecular weight excluding hydrogens is 100 g/mol. The van der Waals surface area contributed by atoms with Crippen LogP contribution in [0.3, 0.4) is 0 Å². The van der Waals surface area contributed by atoms with Gasteiger partial charge in [-0.3, -0.25) is 0 Å². The number of allylic oxidation sites excluding steroid dienone is 1. The van der Waals surface area contributed by atoms with Gasteiger partial charge in [-0.15, -0.1) is 6.58 Å². The summed E-state index contributed by atoms with van der Waals surface area (Å²) in [6.07, 6.45) is 4.43. The lowest BCUT2D eigenvalue weighted by atomic mass is 10.2. The van der Waals surface area contributed by atoms with Crippen molar-refractivity contribution in [2.75, 3.05) is 7.11 Å². The van der Waals surface area contributed by atoms with Crippen molar-refractivity contribution in [3.05, 3.63) is 12.7 Å². The third-order valence-corrected chi connectivity index (χ3v) is 1.18. The Kier molecular flexibility index (Phi) is 4.67. The molecule has 1 unspecified atom stereocenters. The van der Waals surface area contributed by atoms with Crippen LogP contribution in [-0.2, 0) is 4.74 Å². The van der Waals surface area contributed by atoms with Gasteiger partial charge in [-0.2, -0.15) is 0 Å². The number of rotatable bonds is 4. The van der Waals surface area contributed by atoms with Crippen LogP contribution in [0.1, 0.15) is 19.8 Å². The smallest absolute Gasteiger partial charge is 0.0546 e. The summed E-state index contributed by atoms with van der Waals surface area (Å²) in [4.78, 5) is 0. The molecule has 0 saturated heterocycles. The van der Waals surface area contributed by atoms with Gasteiger partial charge < -0.3 is 4.74 Å². The minimum Gasteiger partial charge on any atom is -0.382 e. The summed E-state index contributed by atoms with van der Waals surface area (Å²) in [6.45, 7) is 5.67. The zero-order chi connectivity index (χ0) is 6.41. The Morgan fingerprint density at radius 2 is 2.38 bits per heavy atom. The molecule has 0 bridgehead atoms. The molecule has 0 aliphatic carbocycles. The van der Waals surface area contributed by atoms with E-state index in [0.717, 1.165) is 12.8 Å². The van der Waals surface area contributed by atoms with E-state index >= 15 is 0 Å². The molecule has 0 saturated carbocycles. The van der Waals surface area contributed by atoms with E-state index in [4.69, 9.17) is 4.74 Å². The highest BCUT2D eigenvalue weighted by Crippen LogP contribution is 1.98. The normalized spacial score (nSPS) is 13.2. The van der Waals surface area contributed by atoms with Crippen molar-refractivity contribution in [2.24, 2.45) is 0 Å². The molecule has 0 heterocycles. The minimum atomic E-state index is 0.382. The Morgan fingerprint density at radius 3 is 2.75 bits per heavy atom. The van der Waals surface area contributed by atoms with E-state index in [1.165, 1.54) is 0 Å². The Hall–Kier alpha value is -0.300. The second kappa shape index (κ2) is 4.85. The van der Waals surface area contributed by atoms with Crippen LogP contribution in [0.5, 0.6) is 0 Å². The van der Waals surface area contributed by atoms with Crippen LogP contribution in [0.2, 0.25) is 0 Å². The number of hydrogen-bond donors (Lipinski definition) is 0. The molecule has 0 amide bonds. The van der Waals surface area contributed by atoms with Gasteiger partial charge >= 0.3 is 0 Å². The number of methoxy groups -OCH3 is 1. The fourth-order valence-corrected chi connectivity index (χ4v) is 0.470. The molecule has 0 spiro atoms. The maximum atomic E-state index is 5.00. The Balaban J connectivity index is 2.97. The van der Waals surface area contributed by atoms with Gasteiger partial charge in [0.1, 0.15) is 0 Å². The first-order chi connectivity index (χ1) is 3.81. The third-order valence-electron chi connectivity index (χ3n) is 1.18. The molecule has 0 aliphatic rings. The molecule has 0 radical (unpaired) electrons. The zero-order valence-electron chi connectivity index (χ0n) is 5.68.